The summed E-state index contributed by atoms with van der Waals surface area (Å²) < 4.78 is 44.3. The second-order valence-corrected chi connectivity index (χ2v) is 8.45. The minimum atomic E-state index is -4.40. The Hall–Kier alpha value is -2.25. The molecule has 0 radical (unpaired) electrons. The third-order valence-electron chi connectivity index (χ3n) is 5.54. The van der Waals surface area contributed by atoms with Crippen molar-refractivity contribution < 1.29 is 17.9 Å². The third-order valence-corrected chi connectivity index (χ3v) is 6.06. The lowest BCUT2D eigenvalue weighted by atomic mass is 9.71. The van der Waals surface area contributed by atoms with E-state index in [4.69, 9.17) is 33.0 Å². The molecule has 1 atom stereocenters. The molecular formula is C21H18Cl2F3N3O. The summed E-state index contributed by atoms with van der Waals surface area (Å²) in [4.78, 5) is 4.25. The van der Waals surface area contributed by atoms with E-state index < -0.39 is 17.2 Å². The highest BCUT2D eigenvalue weighted by atomic mass is 35.5. The summed E-state index contributed by atoms with van der Waals surface area (Å²) in [5.74, 6) is 0.857. The monoisotopic (exact) mass is 455 g/mol. The number of benzene rings is 2. The van der Waals surface area contributed by atoms with Crippen molar-refractivity contribution in [2.24, 2.45) is 21.4 Å². The zero-order valence-corrected chi connectivity index (χ0v) is 17.7. The molecule has 158 valence electrons. The van der Waals surface area contributed by atoms with Crippen LogP contribution in [0.2, 0.25) is 5.02 Å². The third kappa shape index (κ3) is 3.65. The Morgan fingerprint density at radius 3 is 2.53 bits per heavy atom. The molecule has 4 rings (SSSR count). The Kier molecular flexibility index (Phi) is 5.22. The van der Waals surface area contributed by atoms with E-state index in [1.54, 1.807) is 17.1 Å². The van der Waals surface area contributed by atoms with Gasteiger partial charge in [0.05, 0.1) is 28.9 Å². The largest absolute Gasteiger partial charge is 0.492 e. The van der Waals surface area contributed by atoms with Gasteiger partial charge >= 0.3 is 6.18 Å². The minimum absolute atomic E-state index is 0.0761. The molecule has 2 aliphatic heterocycles. The van der Waals surface area contributed by atoms with Gasteiger partial charge in [0, 0.05) is 10.6 Å². The van der Waals surface area contributed by atoms with Crippen LogP contribution in [0.25, 0.3) is 0 Å². The van der Waals surface area contributed by atoms with E-state index in [2.05, 4.69) is 18.8 Å². The minimum Gasteiger partial charge on any atom is -0.492 e. The van der Waals surface area contributed by atoms with Gasteiger partial charge in [0.15, 0.2) is 0 Å². The van der Waals surface area contributed by atoms with Crippen LogP contribution in [0.4, 0.5) is 18.9 Å². The summed E-state index contributed by atoms with van der Waals surface area (Å²) >= 11 is 12.5. The van der Waals surface area contributed by atoms with Crippen LogP contribution < -0.4 is 4.74 Å². The van der Waals surface area contributed by atoms with Gasteiger partial charge in [0.25, 0.3) is 0 Å². The Balaban J connectivity index is 1.67. The van der Waals surface area contributed by atoms with Crippen LogP contribution in [-0.2, 0) is 6.18 Å². The molecular weight excluding hydrogens is 438 g/mol. The SMILES string of the molecule is CC(C)C12COc3cc(Cl)ccc3C1=NN(C(Cl)=Nc1ccc(C(F)(F)F)cc1)C2. The van der Waals surface area contributed by atoms with Gasteiger partial charge < -0.3 is 4.74 Å². The number of hydrazone groups is 1. The fourth-order valence-electron chi connectivity index (χ4n) is 3.67. The van der Waals surface area contributed by atoms with Crippen molar-refractivity contribution in [3.8, 4) is 5.75 Å². The lowest BCUT2D eigenvalue weighted by Gasteiger charge is -2.38. The predicted molar refractivity (Wildman–Crippen MR) is 112 cm³/mol. The van der Waals surface area contributed by atoms with Crippen LogP contribution >= 0.6 is 23.2 Å². The number of amidine groups is 1. The first-order valence-corrected chi connectivity index (χ1v) is 10.1. The molecule has 1 unspecified atom stereocenters. The molecule has 4 nitrogen and oxygen atoms in total. The van der Waals surface area contributed by atoms with Gasteiger partial charge in [-0.05, 0) is 60.0 Å². The van der Waals surface area contributed by atoms with Gasteiger partial charge in [-0.2, -0.15) is 18.3 Å². The number of ether oxygens (including phenoxy) is 1. The van der Waals surface area contributed by atoms with Crippen LogP contribution in [0.5, 0.6) is 5.75 Å². The molecule has 0 saturated carbocycles. The quantitative estimate of drug-likeness (QED) is 0.301. The number of hydrogen-bond donors (Lipinski definition) is 0. The number of nitrogens with zero attached hydrogens (tertiary/aromatic N) is 3. The van der Waals surface area contributed by atoms with E-state index in [0.717, 1.165) is 23.4 Å². The molecule has 0 saturated heterocycles. The van der Waals surface area contributed by atoms with Crippen molar-refractivity contribution in [1.82, 2.24) is 5.01 Å². The Morgan fingerprint density at radius 2 is 1.90 bits per heavy atom. The van der Waals surface area contributed by atoms with Crippen molar-refractivity contribution in [2.75, 3.05) is 13.2 Å². The van der Waals surface area contributed by atoms with Crippen LogP contribution in [0, 0.1) is 11.3 Å². The van der Waals surface area contributed by atoms with Crippen molar-refractivity contribution in [3.63, 3.8) is 0 Å². The summed E-state index contributed by atoms with van der Waals surface area (Å²) in [6, 6.07) is 9.91. The Bertz CT molecular complexity index is 1030. The number of rotatable bonds is 2. The standard InChI is InChI=1S/C21H18Cl2F3N3O/c1-12(2)20-10-29(19(23)27-15-6-3-13(4-7-15)21(24,25)26)28-18(20)16-8-5-14(22)9-17(16)30-11-20/h3-9,12H,10-11H2,1-2H3. The maximum Gasteiger partial charge on any atom is 0.416 e. The first-order valence-electron chi connectivity index (χ1n) is 9.31. The average molecular weight is 456 g/mol. The number of hydrogen-bond acceptors (Lipinski definition) is 3. The molecule has 30 heavy (non-hydrogen) atoms. The zero-order chi connectivity index (χ0) is 21.7. The summed E-state index contributed by atoms with van der Waals surface area (Å²) in [5.41, 5.74) is 0.870. The van der Waals surface area contributed by atoms with Crippen molar-refractivity contribution in [3.05, 3.63) is 58.6 Å². The lowest BCUT2D eigenvalue weighted by Crippen LogP contribution is -2.47. The van der Waals surface area contributed by atoms with E-state index in [1.165, 1.54) is 12.1 Å². The van der Waals surface area contributed by atoms with Crippen molar-refractivity contribution in [1.29, 1.82) is 0 Å². The van der Waals surface area contributed by atoms with Gasteiger partial charge in [-0.15, -0.1) is 0 Å². The molecule has 2 aliphatic rings. The highest BCUT2D eigenvalue weighted by Crippen LogP contribution is 2.45. The lowest BCUT2D eigenvalue weighted by molar-refractivity contribution is -0.137. The Labute approximate surface area is 181 Å². The maximum atomic E-state index is 12.8. The summed E-state index contributed by atoms with van der Waals surface area (Å²) in [5, 5.41) is 6.93. The van der Waals surface area contributed by atoms with Crippen molar-refractivity contribution in [2.45, 2.75) is 20.0 Å². The molecule has 0 aliphatic carbocycles. The highest BCUT2D eigenvalue weighted by Gasteiger charge is 2.50. The number of aliphatic imine (C=N–C) groups is 1. The van der Waals surface area contributed by atoms with Crippen LogP contribution in [0.3, 0.4) is 0 Å². The van der Waals surface area contributed by atoms with Crippen LogP contribution in [0.1, 0.15) is 25.0 Å². The number of alkyl halides is 3. The number of fused-ring (bicyclic) bond motifs is 3. The predicted octanol–water partition coefficient (Wildman–Crippen LogP) is 6.34. The summed E-state index contributed by atoms with van der Waals surface area (Å²) in [6.45, 7) is 5.04. The Morgan fingerprint density at radius 1 is 1.20 bits per heavy atom. The summed E-state index contributed by atoms with van der Waals surface area (Å²) in [6.07, 6.45) is -4.40. The van der Waals surface area contributed by atoms with E-state index in [0.29, 0.717) is 29.6 Å². The normalized spacial score (nSPS) is 21.3. The molecule has 0 N–H and O–H groups in total. The molecule has 9 heteroatoms. The van der Waals surface area contributed by atoms with E-state index in [1.807, 2.05) is 6.07 Å². The average Bonchev–Trinajstić information content (AvgIpc) is 3.09. The molecule has 0 fully saturated rings. The topological polar surface area (TPSA) is 37.2 Å². The van der Waals surface area contributed by atoms with Crippen LogP contribution in [0.15, 0.2) is 52.6 Å². The zero-order valence-electron chi connectivity index (χ0n) is 16.2. The van der Waals surface area contributed by atoms with Gasteiger partial charge in [-0.3, -0.25) is 0 Å². The molecule has 0 amide bonds. The highest BCUT2D eigenvalue weighted by molar-refractivity contribution is 6.64. The van der Waals surface area contributed by atoms with E-state index in [-0.39, 0.29) is 11.2 Å². The first kappa shape index (κ1) is 21.0. The maximum absolute atomic E-state index is 12.8. The molecule has 0 aromatic heterocycles. The van der Waals surface area contributed by atoms with Crippen molar-refractivity contribution >= 4 is 39.9 Å². The van der Waals surface area contributed by atoms with E-state index >= 15 is 0 Å². The van der Waals surface area contributed by atoms with Gasteiger partial charge in [-0.1, -0.05) is 25.4 Å². The second-order valence-electron chi connectivity index (χ2n) is 7.67. The molecule has 2 aromatic carbocycles. The fourth-order valence-corrected chi connectivity index (χ4v) is 4.03. The number of halogens is 5. The fraction of sp³-hybridized carbons (Fsp3) is 0.333. The first-order chi connectivity index (χ1) is 14.1. The molecule has 0 bridgehead atoms. The molecule has 2 aromatic rings. The summed E-state index contributed by atoms with van der Waals surface area (Å²) in [7, 11) is 0. The van der Waals surface area contributed by atoms with E-state index in [9.17, 15) is 13.2 Å². The van der Waals surface area contributed by atoms with Gasteiger partial charge in [0.2, 0.25) is 5.29 Å². The second kappa shape index (κ2) is 7.46. The van der Waals surface area contributed by atoms with Crippen LogP contribution in [-0.4, -0.2) is 29.2 Å². The molecule has 0 spiro atoms. The molecule has 2 heterocycles. The van der Waals surface area contributed by atoms with Gasteiger partial charge in [-0.25, -0.2) is 10.0 Å². The smallest absolute Gasteiger partial charge is 0.416 e. The van der Waals surface area contributed by atoms with Gasteiger partial charge in [0.1, 0.15) is 12.4 Å².